The lowest BCUT2D eigenvalue weighted by molar-refractivity contribution is -0.139. The molecule has 1 amide bonds. The van der Waals surface area contributed by atoms with E-state index < -0.39 is 47.7 Å². The monoisotopic (exact) mass is 653 g/mol. The molecule has 0 bridgehead atoms. The van der Waals surface area contributed by atoms with E-state index in [-0.39, 0.29) is 24.3 Å². The van der Waals surface area contributed by atoms with Gasteiger partial charge in [-0.2, -0.15) is 13.2 Å². The number of alkyl halides is 3. The van der Waals surface area contributed by atoms with Crippen molar-refractivity contribution < 1.29 is 27.9 Å². The molecular weight excluding hydrogens is 607 g/mol. The molecule has 10 heteroatoms. The number of hydrogen-bond acceptors (Lipinski definition) is 4. The first kappa shape index (κ1) is 35.9. The summed E-state index contributed by atoms with van der Waals surface area (Å²) >= 11 is 0. The second-order valence-electron chi connectivity index (χ2n) is 13.6. The van der Waals surface area contributed by atoms with Gasteiger partial charge in [0.15, 0.2) is 0 Å². The zero-order chi connectivity index (χ0) is 34.8. The van der Waals surface area contributed by atoms with E-state index in [9.17, 15) is 32.7 Å². The summed E-state index contributed by atoms with van der Waals surface area (Å²) in [5, 5.41) is 12.8. The van der Waals surface area contributed by atoms with Crippen molar-refractivity contribution in [1.82, 2.24) is 14.8 Å². The van der Waals surface area contributed by atoms with Crippen LogP contribution in [0.1, 0.15) is 89.7 Å². The number of rotatable bonds is 12. The minimum atomic E-state index is -4.73. The molecule has 0 aliphatic heterocycles. The van der Waals surface area contributed by atoms with Gasteiger partial charge < -0.3 is 19.9 Å². The maximum absolute atomic E-state index is 14.1. The fraction of sp³-hybridized carbons (Fsp3) is 0.486. The average molecular weight is 654 g/mol. The number of carbonyl (C=O) groups excluding carboxylic acids is 1. The number of halogens is 3. The number of hydrogen-bond donors (Lipinski definition) is 2. The third-order valence-corrected chi connectivity index (χ3v) is 8.91. The number of fused-ring (bicyclic) bond motifs is 1. The van der Waals surface area contributed by atoms with Crippen LogP contribution in [0.3, 0.4) is 0 Å². The molecule has 2 aromatic carbocycles. The summed E-state index contributed by atoms with van der Waals surface area (Å²) in [5.41, 5.74) is 6.43. The lowest BCUT2D eigenvalue weighted by Gasteiger charge is -2.27. The quantitative estimate of drug-likeness (QED) is 0.220. The molecule has 2 N–H and O–H groups in total. The van der Waals surface area contributed by atoms with Gasteiger partial charge in [-0.15, -0.1) is 0 Å². The largest absolute Gasteiger partial charge is 0.481 e. The van der Waals surface area contributed by atoms with Crippen LogP contribution in [0.25, 0.3) is 11.1 Å². The van der Waals surface area contributed by atoms with Crippen molar-refractivity contribution in [2.75, 3.05) is 20.6 Å². The second-order valence-corrected chi connectivity index (χ2v) is 13.6. The fourth-order valence-corrected chi connectivity index (χ4v) is 6.89. The van der Waals surface area contributed by atoms with Crippen molar-refractivity contribution in [1.29, 1.82) is 0 Å². The number of carbonyl (C=O) groups is 2. The Hall–Kier alpha value is -3.92. The highest BCUT2D eigenvalue weighted by molar-refractivity contribution is 5.82. The zero-order valence-electron chi connectivity index (χ0n) is 28.3. The van der Waals surface area contributed by atoms with Gasteiger partial charge in [0.05, 0.1) is 18.0 Å². The summed E-state index contributed by atoms with van der Waals surface area (Å²) < 4.78 is 43.0. The van der Waals surface area contributed by atoms with Crippen LogP contribution >= 0.6 is 0 Å². The predicted molar refractivity (Wildman–Crippen MR) is 178 cm³/mol. The van der Waals surface area contributed by atoms with E-state index in [2.05, 4.69) is 31.3 Å². The van der Waals surface area contributed by atoms with E-state index in [1.54, 1.807) is 19.0 Å². The highest BCUT2D eigenvalue weighted by Gasteiger charge is 2.36. The zero-order valence-corrected chi connectivity index (χ0v) is 28.3. The molecule has 2 atom stereocenters. The van der Waals surface area contributed by atoms with Crippen molar-refractivity contribution >= 4 is 11.9 Å². The molecule has 2 unspecified atom stereocenters. The lowest BCUT2D eigenvalue weighted by Crippen LogP contribution is -2.40. The Kier molecular flexibility index (Phi) is 11.1. The van der Waals surface area contributed by atoms with Gasteiger partial charge in [-0.1, -0.05) is 37.6 Å². The topological polar surface area (TPSA) is 91.6 Å². The Morgan fingerprint density at radius 1 is 1.02 bits per heavy atom. The first-order valence-corrected chi connectivity index (χ1v) is 16.2. The Morgan fingerprint density at radius 2 is 1.68 bits per heavy atom. The molecule has 3 aromatic rings. The number of aliphatic carboxylic acids is 1. The summed E-state index contributed by atoms with van der Waals surface area (Å²) in [7, 11) is 3.49. The number of carboxylic acids is 1. The van der Waals surface area contributed by atoms with Crippen molar-refractivity contribution in [3.63, 3.8) is 0 Å². The lowest BCUT2D eigenvalue weighted by atomic mass is 9.86. The number of benzene rings is 2. The van der Waals surface area contributed by atoms with Gasteiger partial charge in [-0.05, 0) is 123 Å². The van der Waals surface area contributed by atoms with Crippen molar-refractivity contribution in [2.24, 2.45) is 5.92 Å². The minimum Gasteiger partial charge on any atom is -0.481 e. The number of pyridine rings is 1. The predicted octanol–water partition coefficient (Wildman–Crippen LogP) is 6.97. The maximum Gasteiger partial charge on any atom is 0.416 e. The van der Waals surface area contributed by atoms with Crippen LogP contribution < -0.4 is 10.9 Å². The van der Waals surface area contributed by atoms with Gasteiger partial charge in [0.25, 0.3) is 5.56 Å². The van der Waals surface area contributed by atoms with Crippen LogP contribution in [0, 0.1) is 26.7 Å². The third kappa shape index (κ3) is 8.52. The number of nitrogens with zero attached hydrogens (tertiary/aromatic N) is 2. The SMILES string of the molecule is Cc1cc(C)c(-c2cc(C(CC(=O)O)NC(=O)C(CC(C)C)n3cc(CCN(C)C)c(C(F)(F)F)cc3=O)cc3c2CCC3)c(C)c1. The van der Waals surface area contributed by atoms with E-state index in [0.717, 1.165) is 63.4 Å². The molecule has 0 fully saturated rings. The molecule has 4 rings (SSSR count). The van der Waals surface area contributed by atoms with Crippen LogP contribution in [0.4, 0.5) is 13.2 Å². The third-order valence-electron chi connectivity index (χ3n) is 8.91. The smallest absolute Gasteiger partial charge is 0.416 e. The number of amides is 1. The second kappa shape index (κ2) is 14.5. The van der Waals surface area contributed by atoms with Gasteiger partial charge in [0.1, 0.15) is 6.04 Å². The molecule has 0 saturated carbocycles. The summed E-state index contributed by atoms with van der Waals surface area (Å²) in [5.74, 6) is -1.82. The first-order chi connectivity index (χ1) is 22.0. The molecule has 1 aliphatic rings. The van der Waals surface area contributed by atoms with Gasteiger partial charge >= 0.3 is 12.1 Å². The van der Waals surface area contributed by atoms with Gasteiger partial charge in [0, 0.05) is 18.8 Å². The van der Waals surface area contributed by atoms with Crippen LogP contribution in [0.5, 0.6) is 0 Å². The van der Waals surface area contributed by atoms with Crippen molar-refractivity contribution in [3.05, 3.63) is 91.4 Å². The van der Waals surface area contributed by atoms with Crippen LogP contribution in [-0.2, 0) is 35.0 Å². The van der Waals surface area contributed by atoms with E-state index in [1.165, 1.54) is 5.56 Å². The van der Waals surface area contributed by atoms with Crippen molar-refractivity contribution in [3.8, 4) is 11.1 Å². The Morgan fingerprint density at radius 3 is 2.26 bits per heavy atom. The molecular formula is C37H46F3N3O4. The Labute approximate surface area is 274 Å². The summed E-state index contributed by atoms with van der Waals surface area (Å²) in [4.78, 5) is 41.2. The van der Waals surface area contributed by atoms with Gasteiger partial charge in [0.2, 0.25) is 5.91 Å². The van der Waals surface area contributed by atoms with E-state index in [4.69, 9.17) is 0 Å². The first-order valence-electron chi connectivity index (χ1n) is 16.2. The molecule has 0 radical (unpaired) electrons. The maximum atomic E-state index is 14.1. The molecule has 0 saturated heterocycles. The molecule has 0 spiro atoms. The summed E-state index contributed by atoms with van der Waals surface area (Å²) in [6, 6.07) is 6.69. The standard InChI is InChI=1S/C37H46F3N3O4/c1-21(2)13-32(43-20-26(11-12-42(6)7)30(18-33(43)44)37(38,39)40)36(47)41-31(19-34(45)46)27-16-25-9-8-10-28(25)29(17-27)35-23(4)14-22(3)15-24(35)5/h14-18,20-21,31-32H,8-13,19H2,1-7H3,(H,41,47)(H,45,46). The Balaban J connectivity index is 1.80. The molecule has 254 valence electrons. The van der Waals surface area contributed by atoms with Crippen LogP contribution in [0.2, 0.25) is 0 Å². The Bertz CT molecular complexity index is 1690. The van der Waals surface area contributed by atoms with Crippen LogP contribution in [-0.4, -0.2) is 47.1 Å². The number of carboxylic acid groups (broad SMARTS) is 1. The molecule has 1 heterocycles. The minimum absolute atomic E-state index is 0.0233. The molecule has 1 aromatic heterocycles. The van der Waals surface area contributed by atoms with E-state index in [1.807, 2.05) is 32.9 Å². The average Bonchev–Trinajstić information content (AvgIpc) is 3.42. The number of nitrogens with one attached hydrogen (secondary N) is 1. The van der Waals surface area contributed by atoms with E-state index in [0.29, 0.717) is 18.2 Å². The van der Waals surface area contributed by atoms with Crippen LogP contribution in [0.15, 0.2) is 41.3 Å². The van der Waals surface area contributed by atoms with Gasteiger partial charge in [-0.3, -0.25) is 14.4 Å². The van der Waals surface area contributed by atoms with Gasteiger partial charge in [-0.25, -0.2) is 0 Å². The highest BCUT2D eigenvalue weighted by Crippen LogP contribution is 2.39. The molecule has 7 nitrogen and oxygen atoms in total. The number of likely N-dealkylation sites (N-methyl/N-ethyl adjacent to an activating group) is 1. The number of aryl methyl sites for hydroxylation is 4. The fourth-order valence-electron chi connectivity index (χ4n) is 6.89. The van der Waals surface area contributed by atoms with Crippen molar-refractivity contribution in [2.45, 2.75) is 91.4 Å². The molecule has 47 heavy (non-hydrogen) atoms. The number of aromatic nitrogens is 1. The van der Waals surface area contributed by atoms with E-state index >= 15 is 0 Å². The summed E-state index contributed by atoms with van der Waals surface area (Å²) in [6.45, 7) is 10.2. The molecule has 1 aliphatic carbocycles. The summed E-state index contributed by atoms with van der Waals surface area (Å²) in [6.07, 6.45) is -1.09. The normalized spacial score (nSPS) is 14.4. The highest BCUT2D eigenvalue weighted by atomic mass is 19.4.